The lowest BCUT2D eigenvalue weighted by Gasteiger charge is -2.41. The van der Waals surface area contributed by atoms with Gasteiger partial charge >= 0.3 is 0 Å². The van der Waals surface area contributed by atoms with Gasteiger partial charge in [-0.15, -0.1) is 0 Å². The number of hydrogen-bond donors (Lipinski definition) is 0. The van der Waals surface area contributed by atoms with Crippen molar-refractivity contribution in [3.63, 3.8) is 0 Å². The van der Waals surface area contributed by atoms with Gasteiger partial charge in [-0.1, -0.05) is 37.5 Å². The van der Waals surface area contributed by atoms with E-state index < -0.39 is 11.6 Å². The molecule has 3 fully saturated rings. The summed E-state index contributed by atoms with van der Waals surface area (Å²) < 4.78 is 34.1. The Morgan fingerprint density at radius 2 is 1.75 bits per heavy atom. The van der Waals surface area contributed by atoms with E-state index in [2.05, 4.69) is 9.80 Å². The summed E-state index contributed by atoms with van der Waals surface area (Å²) in [6.45, 7) is 10.3. The predicted molar refractivity (Wildman–Crippen MR) is 155 cm³/mol. The molecule has 0 bridgehead atoms. The summed E-state index contributed by atoms with van der Waals surface area (Å²) in [6, 6.07) is 12.8. The number of nitrogens with zero attached hydrogens (tertiary/aromatic N) is 3. The highest BCUT2D eigenvalue weighted by molar-refractivity contribution is 5.79. The Morgan fingerprint density at radius 3 is 2.48 bits per heavy atom. The van der Waals surface area contributed by atoms with Gasteiger partial charge in [0, 0.05) is 50.7 Å². The summed E-state index contributed by atoms with van der Waals surface area (Å²) in [7, 11) is 0. The van der Waals surface area contributed by atoms with Crippen molar-refractivity contribution in [1.82, 2.24) is 14.7 Å². The number of hydrogen-bond acceptors (Lipinski definition) is 4. The van der Waals surface area contributed by atoms with Crippen LogP contribution in [0.2, 0.25) is 0 Å². The van der Waals surface area contributed by atoms with E-state index in [0.29, 0.717) is 19.5 Å². The number of likely N-dealkylation sites (tertiary alicyclic amines) is 1. The molecule has 0 aromatic heterocycles. The van der Waals surface area contributed by atoms with E-state index in [0.717, 1.165) is 68.5 Å². The lowest BCUT2D eigenvalue weighted by atomic mass is 9.76. The van der Waals surface area contributed by atoms with Gasteiger partial charge in [0.05, 0.1) is 12.5 Å². The van der Waals surface area contributed by atoms with Crippen molar-refractivity contribution in [3.8, 4) is 5.75 Å². The van der Waals surface area contributed by atoms with Crippen LogP contribution in [0.4, 0.5) is 8.78 Å². The number of benzene rings is 2. The van der Waals surface area contributed by atoms with E-state index in [1.54, 1.807) is 6.07 Å². The molecule has 2 heterocycles. The SMILES string of the molecule is CC(C)Oc1cccc(CC(=O)N2CCC(CCN3CCN(C4CCCCC4)CC3)(c3ccc(F)c(F)c3)C2)c1. The molecular weight excluding hydrogens is 508 g/mol. The van der Waals surface area contributed by atoms with Gasteiger partial charge < -0.3 is 14.5 Å². The molecule has 218 valence electrons. The second-order valence-electron chi connectivity index (χ2n) is 12.4. The first-order chi connectivity index (χ1) is 19.3. The molecular formula is C33H45F2N3O2. The van der Waals surface area contributed by atoms with Gasteiger partial charge in [-0.25, -0.2) is 8.78 Å². The first-order valence-electron chi connectivity index (χ1n) is 15.3. The van der Waals surface area contributed by atoms with E-state index in [4.69, 9.17) is 4.74 Å². The zero-order valence-corrected chi connectivity index (χ0v) is 24.2. The van der Waals surface area contributed by atoms with Gasteiger partial charge in [-0.05, 0) is 81.5 Å². The molecule has 1 saturated carbocycles. The Morgan fingerprint density at radius 1 is 0.975 bits per heavy atom. The summed E-state index contributed by atoms with van der Waals surface area (Å²) in [6.07, 6.45) is 8.69. The molecule has 5 rings (SSSR count). The maximum atomic E-state index is 14.4. The topological polar surface area (TPSA) is 36.0 Å². The zero-order valence-electron chi connectivity index (χ0n) is 24.2. The fourth-order valence-electron chi connectivity index (χ4n) is 6.95. The molecule has 40 heavy (non-hydrogen) atoms. The van der Waals surface area contributed by atoms with Gasteiger partial charge in [-0.2, -0.15) is 0 Å². The number of carbonyl (C=O) groups excluding carboxylic acids is 1. The smallest absolute Gasteiger partial charge is 0.227 e. The maximum absolute atomic E-state index is 14.4. The minimum Gasteiger partial charge on any atom is -0.491 e. The molecule has 5 nitrogen and oxygen atoms in total. The number of ether oxygens (including phenoxy) is 1. The van der Waals surface area contributed by atoms with Crippen LogP contribution in [0.25, 0.3) is 0 Å². The number of amides is 1. The van der Waals surface area contributed by atoms with Gasteiger partial charge in [0.15, 0.2) is 11.6 Å². The van der Waals surface area contributed by atoms with Gasteiger partial charge in [-0.3, -0.25) is 9.69 Å². The molecule has 0 radical (unpaired) electrons. The summed E-state index contributed by atoms with van der Waals surface area (Å²) >= 11 is 0. The van der Waals surface area contributed by atoms with E-state index >= 15 is 0 Å². The molecule has 0 N–H and O–H groups in total. The van der Waals surface area contributed by atoms with Crippen molar-refractivity contribution in [1.29, 1.82) is 0 Å². The van der Waals surface area contributed by atoms with Crippen LogP contribution in [0.1, 0.15) is 69.9 Å². The molecule has 7 heteroatoms. The van der Waals surface area contributed by atoms with Crippen LogP contribution < -0.4 is 4.74 Å². The Bertz CT molecular complexity index is 1140. The third-order valence-electron chi connectivity index (χ3n) is 9.27. The molecule has 1 aliphatic carbocycles. The second kappa shape index (κ2) is 13.0. The Hall–Kier alpha value is -2.51. The highest BCUT2D eigenvalue weighted by atomic mass is 19.2. The molecule has 1 amide bonds. The lowest BCUT2D eigenvalue weighted by molar-refractivity contribution is -0.129. The fraction of sp³-hybridized carbons (Fsp3) is 0.606. The minimum absolute atomic E-state index is 0.0623. The standard InChI is InChI=1S/C33H45F2N3O2/c1-25(2)40-29-10-6-7-26(21-29)22-32(39)38-16-14-33(24-38,27-11-12-30(34)31(35)23-27)13-15-36-17-19-37(20-18-36)28-8-4-3-5-9-28/h6-7,10-12,21,23,25,28H,3-5,8-9,13-20,22,24H2,1-2H3. The first kappa shape index (κ1) is 29.0. The Labute approximate surface area is 238 Å². The van der Waals surface area contributed by atoms with Crippen molar-refractivity contribution in [2.24, 2.45) is 0 Å². The summed E-state index contributed by atoms with van der Waals surface area (Å²) in [5.41, 5.74) is 1.34. The first-order valence-corrected chi connectivity index (χ1v) is 15.3. The van der Waals surface area contributed by atoms with Crippen LogP contribution in [0.3, 0.4) is 0 Å². The minimum atomic E-state index is -0.827. The van der Waals surface area contributed by atoms with E-state index in [1.165, 1.54) is 44.2 Å². The van der Waals surface area contributed by atoms with Crippen molar-refractivity contribution in [3.05, 3.63) is 65.2 Å². The average Bonchev–Trinajstić information content (AvgIpc) is 3.40. The normalized spacial score (nSPS) is 23.2. The third-order valence-corrected chi connectivity index (χ3v) is 9.27. The summed E-state index contributed by atoms with van der Waals surface area (Å²) in [4.78, 5) is 20.5. The van der Waals surface area contributed by atoms with E-state index in [-0.39, 0.29) is 17.4 Å². The molecule has 1 atom stereocenters. The molecule has 2 aliphatic heterocycles. The highest BCUT2D eigenvalue weighted by Gasteiger charge is 2.42. The Balaban J connectivity index is 1.24. The zero-order chi connectivity index (χ0) is 28.1. The van der Waals surface area contributed by atoms with Crippen LogP contribution in [0, 0.1) is 11.6 Å². The van der Waals surface area contributed by atoms with E-state index in [9.17, 15) is 13.6 Å². The number of piperazine rings is 1. The molecule has 0 spiro atoms. The predicted octanol–water partition coefficient (Wildman–Crippen LogP) is 5.81. The van der Waals surface area contributed by atoms with Gasteiger partial charge in [0.2, 0.25) is 5.91 Å². The van der Waals surface area contributed by atoms with Crippen molar-refractivity contribution in [2.75, 3.05) is 45.8 Å². The molecule has 1 unspecified atom stereocenters. The van der Waals surface area contributed by atoms with Crippen LogP contribution >= 0.6 is 0 Å². The lowest BCUT2D eigenvalue weighted by Crippen LogP contribution is -2.51. The van der Waals surface area contributed by atoms with Crippen LogP contribution in [-0.4, -0.2) is 78.6 Å². The van der Waals surface area contributed by atoms with Crippen LogP contribution in [-0.2, 0) is 16.6 Å². The number of halogens is 2. The van der Waals surface area contributed by atoms with Crippen molar-refractivity contribution >= 4 is 5.91 Å². The molecule has 2 aromatic carbocycles. The fourth-order valence-corrected chi connectivity index (χ4v) is 6.95. The Kier molecular flexibility index (Phi) is 9.41. The molecule has 2 aromatic rings. The number of rotatable bonds is 9. The van der Waals surface area contributed by atoms with Crippen molar-refractivity contribution < 1.29 is 18.3 Å². The maximum Gasteiger partial charge on any atom is 0.227 e. The monoisotopic (exact) mass is 553 g/mol. The van der Waals surface area contributed by atoms with E-state index in [1.807, 2.05) is 43.0 Å². The summed E-state index contributed by atoms with van der Waals surface area (Å²) in [5.74, 6) is -0.814. The van der Waals surface area contributed by atoms with Crippen LogP contribution in [0.5, 0.6) is 5.75 Å². The van der Waals surface area contributed by atoms with Crippen LogP contribution in [0.15, 0.2) is 42.5 Å². The van der Waals surface area contributed by atoms with Crippen molar-refractivity contribution in [2.45, 2.75) is 82.8 Å². The van der Waals surface area contributed by atoms with Gasteiger partial charge in [0.1, 0.15) is 5.75 Å². The third kappa shape index (κ3) is 7.03. The molecule has 3 aliphatic rings. The number of carbonyl (C=O) groups is 1. The van der Waals surface area contributed by atoms with Gasteiger partial charge in [0.25, 0.3) is 0 Å². The largest absolute Gasteiger partial charge is 0.491 e. The average molecular weight is 554 g/mol. The summed E-state index contributed by atoms with van der Waals surface area (Å²) in [5, 5.41) is 0. The quantitative estimate of drug-likeness (QED) is 0.393. The highest BCUT2D eigenvalue weighted by Crippen LogP contribution is 2.39. The second-order valence-corrected chi connectivity index (χ2v) is 12.4. The molecule has 2 saturated heterocycles.